The average molecular weight is 816 g/mol. The maximum atomic E-state index is 10.0. The van der Waals surface area contributed by atoms with Crippen LogP contribution in [-0.4, -0.2) is 37.2 Å². The fraction of sp³-hybridized carbons (Fsp3) is 0.333. The van der Waals surface area contributed by atoms with Gasteiger partial charge < -0.3 is 5.11 Å². The van der Waals surface area contributed by atoms with Crippen LogP contribution in [0.15, 0.2) is 66.6 Å². The third-order valence-electron chi connectivity index (χ3n) is 8.01. The van der Waals surface area contributed by atoms with Crippen LogP contribution in [0.4, 0.5) is 0 Å². The van der Waals surface area contributed by atoms with Gasteiger partial charge in [0.2, 0.25) is 0 Å². The van der Waals surface area contributed by atoms with E-state index in [1.165, 1.54) is 52.6 Å². The van der Waals surface area contributed by atoms with Crippen LogP contribution >= 0.6 is 0 Å². The number of aliphatic hydroxyl groups excluding tert-OH is 1. The summed E-state index contributed by atoms with van der Waals surface area (Å²) in [5.74, 6) is 7.47. The minimum Gasteiger partial charge on any atom is 0 e. The number of carbonyl (C=O) groups excluding carboxylic acids is 1. The van der Waals surface area contributed by atoms with Crippen molar-refractivity contribution < 1.29 is 30.0 Å². The molecule has 0 bridgehead atoms. The first-order valence-electron chi connectivity index (χ1n) is 14.4. The molecule has 1 aliphatic rings. The van der Waals surface area contributed by atoms with Gasteiger partial charge in [-0.25, -0.2) is 0 Å². The first-order chi connectivity index (χ1) is 18.9. The molecule has 0 saturated heterocycles. The second-order valence-corrected chi connectivity index (χ2v) is 28.7. The van der Waals surface area contributed by atoms with Gasteiger partial charge in [-0.1, -0.05) is 0 Å². The molecule has 0 spiro atoms. The standard InChI is InChI=1S/C31H36GeNSi.C5H8O2.Ir/c1-20-27(32(5,6)7)15-14-24-25-16-17-33-28(30(25)34(8,9)29(20)24)22-18-21-12-10-11-13-23(21)26(19-22)31(2,3)4;1-4(6)3-5(2)7;/h10-17,19H,1-9H3;3,6H,1-2H3;/q-1;;/b;4-3-;. The summed E-state index contributed by atoms with van der Waals surface area (Å²) < 4.78 is 1.65. The maximum absolute atomic E-state index is 10.0. The van der Waals surface area contributed by atoms with E-state index in [4.69, 9.17) is 10.1 Å². The average Bonchev–Trinajstić information content (AvgIpc) is 3.09. The molecule has 1 aliphatic heterocycles. The van der Waals surface area contributed by atoms with Crippen molar-refractivity contribution in [2.24, 2.45) is 0 Å². The van der Waals surface area contributed by atoms with Gasteiger partial charge in [-0.15, -0.1) is 0 Å². The smallest absolute Gasteiger partial charge is 0 e. The quantitative estimate of drug-likeness (QED) is 0.100. The Morgan fingerprint density at radius 3 is 2.14 bits per heavy atom. The van der Waals surface area contributed by atoms with Crippen molar-refractivity contribution in [2.45, 2.75) is 77.3 Å². The molecule has 0 aliphatic carbocycles. The van der Waals surface area contributed by atoms with Crippen LogP contribution in [0.5, 0.6) is 0 Å². The molecule has 223 valence electrons. The number of carbonyl (C=O) groups is 1. The number of fused-ring (bicyclic) bond motifs is 4. The van der Waals surface area contributed by atoms with E-state index in [9.17, 15) is 4.79 Å². The Labute approximate surface area is 269 Å². The van der Waals surface area contributed by atoms with Gasteiger partial charge in [-0.05, 0) is 13.8 Å². The zero-order chi connectivity index (χ0) is 30.5. The van der Waals surface area contributed by atoms with Crippen LogP contribution < -0.4 is 14.8 Å². The van der Waals surface area contributed by atoms with Gasteiger partial charge in [0.15, 0.2) is 5.78 Å². The molecule has 0 amide bonds. The summed E-state index contributed by atoms with van der Waals surface area (Å²) in [6, 6.07) is 21.9. The number of aromatic nitrogens is 1. The van der Waals surface area contributed by atoms with E-state index in [1.54, 1.807) is 15.1 Å². The van der Waals surface area contributed by atoms with Crippen molar-refractivity contribution in [1.29, 1.82) is 0 Å². The van der Waals surface area contributed by atoms with Crippen molar-refractivity contribution in [2.75, 3.05) is 0 Å². The van der Waals surface area contributed by atoms with Crippen molar-refractivity contribution in [3.63, 3.8) is 0 Å². The zero-order valence-electron chi connectivity index (χ0n) is 26.9. The summed E-state index contributed by atoms with van der Waals surface area (Å²) in [4.78, 5) is 15.1. The predicted octanol–water partition coefficient (Wildman–Crippen LogP) is 7.69. The normalized spacial score (nSPS) is 13.9. The molecular formula is C36H44GeIrNO2Si-. The Morgan fingerprint density at radius 1 is 0.976 bits per heavy atom. The summed E-state index contributed by atoms with van der Waals surface area (Å²) in [5.41, 5.74) is 8.08. The van der Waals surface area contributed by atoms with Gasteiger partial charge in [0, 0.05) is 26.2 Å². The molecule has 0 saturated carbocycles. The fourth-order valence-electron chi connectivity index (χ4n) is 6.47. The van der Waals surface area contributed by atoms with Crippen molar-refractivity contribution >= 4 is 52.7 Å². The molecule has 6 heteroatoms. The monoisotopic (exact) mass is 817 g/mol. The number of hydrogen-bond donors (Lipinski definition) is 1. The number of ketones is 1. The summed E-state index contributed by atoms with van der Waals surface area (Å²) in [7, 11) is -1.95. The van der Waals surface area contributed by atoms with Crippen LogP contribution in [-0.2, 0) is 30.3 Å². The third kappa shape index (κ3) is 6.60. The fourth-order valence-corrected chi connectivity index (χ4v) is 14.5. The molecule has 2 heterocycles. The van der Waals surface area contributed by atoms with Gasteiger partial charge in [-0.3, -0.25) is 4.79 Å². The molecule has 42 heavy (non-hydrogen) atoms. The van der Waals surface area contributed by atoms with Crippen LogP contribution in [0.3, 0.4) is 0 Å². The summed E-state index contributed by atoms with van der Waals surface area (Å²) in [6.45, 7) is 17.2. The van der Waals surface area contributed by atoms with E-state index in [1.807, 2.05) is 6.20 Å². The van der Waals surface area contributed by atoms with Gasteiger partial charge in [0.25, 0.3) is 0 Å². The topological polar surface area (TPSA) is 50.2 Å². The number of pyridine rings is 1. The molecule has 0 unspecified atom stereocenters. The molecule has 5 rings (SSSR count). The molecule has 0 atom stereocenters. The molecule has 3 nitrogen and oxygen atoms in total. The summed E-state index contributed by atoms with van der Waals surface area (Å²) >= 11 is -1.97. The van der Waals surface area contributed by atoms with Crippen molar-refractivity contribution in [3.8, 4) is 22.4 Å². The number of aliphatic hydroxyl groups is 1. The van der Waals surface area contributed by atoms with Crippen LogP contribution in [0.1, 0.15) is 45.7 Å². The van der Waals surface area contributed by atoms with E-state index < -0.39 is 21.3 Å². The predicted molar refractivity (Wildman–Crippen MR) is 182 cm³/mol. The number of benzene rings is 3. The molecule has 0 fully saturated rings. The minimum absolute atomic E-state index is 0. The van der Waals surface area contributed by atoms with Gasteiger partial charge in [-0.2, -0.15) is 0 Å². The van der Waals surface area contributed by atoms with Crippen LogP contribution in [0, 0.1) is 13.0 Å². The van der Waals surface area contributed by atoms with E-state index in [0.29, 0.717) is 0 Å². The second-order valence-electron chi connectivity index (χ2n) is 13.9. The molecule has 1 N–H and O–H groups in total. The summed E-state index contributed by atoms with van der Waals surface area (Å²) in [6.07, 6.45) is 3.18. The first kappa shape index (κ1) is 34.2. The van der Waals surface area contributed by atoms with Gasteiger partial charge in [0.1, 0.15) is 0 Å². The Morgan fingerprint density at radius 2 is 1.60 bits per heavy atom. The first-order valence-corrected chi connectivity index (χ1v) is 24.8. The SMILES string of the molecule is CC(=O)/C=C(/C)O.Cc1[c]([Ge]([CH3])([CH3])[CH3])ccc2c1[Si](C)(C)c1c-2ccnc1-c1[c-]c2ccccc2c(C(C)(C)C)c1.[Ir]. The minimum atomic E-state index is -1.97. The largest absolute Gasteiger partial charge is 0 e. The molecule has 4 aromatic rings. The molecular weight excluding hydrogens is 771 g/mol. The van der Waals surface area contributed by atoms with E-state index in [0.717, 1.165) is 11.3 Å². The molecule has 3 aromatic carbocycles. The Balaban J connectivity index is 0.000000541. The zero-order valence-corrected chi connectivity index (χ0v) is 32.4. The number of allylic oxidation sites excluding steroid dienone is 2. The Kier molecular flexibility index (Phi) is 10.1. The molecule has 1 radical (unpaired) electrons. The van der Waals surface area contributed by atoms with E-state index >= 15 is 0 Å². The molecule has 1 aromatic heterocycles. The summed E-state index contributed by atoms with van der Waals surface area (Å²) in [5, 5.41) is 14.0. The van der Waals surface area contributed by atoms with E-state index in [2.05, 4.69) is 113 Å². The number of rotatable bonds is 3. The van der Waals surface area contributed by atoms with E-state index in [-0.39, 0.29) is 37.1 Å². The van der Waals surface area contributed by atoms with Gasteiger partial charge in [0.05, 0.1) is 5.76 Å². The van der Waals surface area contributed by atoms with Crippen molar-refractivity contribution in [3.05, 3.63) is 83.8 Å². The van der Waals surface area contributed by atoms with Crippen molar-refractivity contribution in [1.82, 2.24) is 4.98 Å². The number of hydrogen-bond acceptors (Lipinski definition) is 3. The van der Waals surface area contributed by atoms with Gasteiger partial charge >= 0.3 is 210 Å². The number of nitrogens with zero attached hydrogens (tertiary/aromatic N) is 1. The Bertz CT molecular complexity index is 1690. The Hall–Kier alpha value is -2.31. The maximum Gasteiger partial charge on any atom is 0 e. The second kappa shape index (κ2) is 12.4. The van der Waals surface area contributed by atoms with Crippen LogP contribution in [0.25, 0.3) is 33.2 Å². The third-order valence-corrected chi connectivity index (χ3v) is 16.2. The van der Waals surface area contributed by atoms with Crippen LogP contribution in [0.2, 0.25) is 30.4 Å².